The zero-order chi connectivity index (χ0) is 12.5. The number of halogens is 1. The highest BCUT2D eigenvalue weighted by atomic mass is 79.9. The maximum Gasteiger partial charge on any atom is 0.169 e. The van der Waals surface area contributed by atoms with Crippen LogP contribution in [0.4, 0.5) is 0 Å². The Hall–Kier alpha value is -0.320. The fraction of sp³-hybridized carbons (Fsp3) is 0.692. The van der Waals surface area contributed by atoms with E-state index < -0.39 is 0 Å². The van der Waals surface area contributed by atoms with Crippen molar-refractivity contribution >= 4 is 15.9 Å². The first-order valence-electron chi connectivity index (χ1n) is 6.18. The van der Waals surface area contributed by atoms with Crippen LogP contribution in [0.3, 0.4) is 0 Å². The summed E-state index contributed by atoms with van der Waals surface area (Å²) in [5.74, 6) is 1.06. The fourth-order valence-electron chi connectivity index (χ4n) is 2.57. The van der Waals surface area contributed by atoms with Crippen LogP contribution in [0.5, 0.6) is 0 Å². The monoisotopic (exact) mass is 300 g/mol. The number of hydrogen-bond donors (Lipinski definition) is 1. The van der Waals surface area contributed by atoms with Crippen molar-refractivity contribution in [1.29, 1.82) is 0 Å². The molecule has 0 aliphatic carbocycles. The molecule has 4 heteroatoms. The SMILES string of the molecule is CC(C)(C)[C@@H](c1ccc(Br)o1)N1CCNCC1. The highest BCUT2D eigenvalue weighted by Gasteiger charge is 2.34. The van der Waals surface area contributed by atoms with Crippen molar-refractivity contribution in [3.8, 4) is 0 Å². The van der Waals surface area contributed by atoms with Gasteiger partial charge >= 0.3 is 0 Å². The molecule has 0 radical (unpaired) electrons. The topological polar surface area (TPSA) is 28.4 Å². The minimum Gasteiger partial charge on any atom is -0.453 e. The number of furan rings is 1. The molecule has 1 aromatic heterocycles. The number of nitrogens with zero attached hydrogens (tertiary/aromatic N) is 1. The van der Waals surface area contributed by atoms with Gasteiger partial charge in [0.15, 0.2) is 4.67 Å². The fourth-order valence-corrected chi connectivity index (χ4v) is 2.89. The average Bonchev–Trinajstić information content (AvgIpc) is 2.64. The van der Waals surface area contributed by atoms with Crippen LogP contribution >= 0.6 is 15.9 Å². The van der Waals surface area contributed by atoms with Gasteiger partial charge in [-0.15, -0.1) is 0 Å². The average molecular weight is 301 g/mol. The van der Waals surface area contributed by atoms with Crippen molar-refractivity contribution in [3.05, 3.63) is 22.6 Å². The summed E-state index contributed by atoms with van der Waals surface area (Å²) < 4.78 is 6.60. The summed E-state index contributed by atoms with van der Waals surface area (Å²) in [6, 6.07) is 4.41. The van der Waals surface area contributed by atoms with E-state index in [2.05, 4.69) is 53.0 Å². The second-order valence-corrected chi connectivity index (χ2v) is 6.48. The normalized spacial score (nSPS) is 20.5. The first-order valence-corrected chi connectivity index (χ1v) is 6.98. The number of hydrogen-bond acceptors (Lipinski definition) is 3. The molecule has 0 aromatic carbocycles. The van der Waals surface area contributed by atoms with Gasteiger partial charge in [0.25, 0.3) is 0 Å². The molecular formula is C13H21BrN2O. The Morgan fingerprint density at radius 1 is 1.29 bits per heavy atom. The summed E-state index contributed by atoms with van der Waals surface area (Å²) in [7, 11) is 0. The van der Waals surface area contributed by atoms with Gasteiger partial charge in [-0.2, -0.15) is 0 Å². The lowest BCUT2D eigenvalue weighted by Gasteiger charge is -2.41. The highest BCUT2D eigenvalue weighted by molar-refractivity contribution is 9.10. The van der Waals surface area contributed by atoms with Gasteiger partial charge in [0.1, 0.15) is 5.76 Å². The van der Waals surface area contributed by atoms with E-state index in [1.807, 2.05) is 6.07 Å². The largest absolute Gasteiger partial charge is 0.453 e. The van der Waals surface area contributed by atoms with Gasteiger partial charge < -0.3 is 9.73 Å². The molecule has 0 spiro atoms. The number of piperazine rings is 1. The van der Waals surface area contributed by atoms with Crippen molar-refractivity contribution in [2.45, 2.75) is 26.8 Å². The van der Waals surface area contributed by atoms with Crippen LogP contribution in [0.15, 0.2) is 21.2 Å². The van der Waals surface area contributed by atoms with Crippen LogP contribution in [0.25, 0.3) is 0 Å². The van der Waals surface area contributed by atoms with Crippen molar-refractivity contribution in [2.24, 2.45) is 5.41 Å². The molecule has 1 aromatic rings. The van der Waals surface area contributed by atoms with E-state index in [9.17, 15) is 0 Å². The van der Waals surface area contributed by atoms with E-state index in [1.165, 1.54) is 0 Å². The summed E-state index contributed by atoms with van der Waals surface area (Å²) in [6.45, 7) is 11.1. The molecule has 0 unspecified atom stereocenters. The molecule has 1 aliphatic rings. The molecule has 17 heavy (non-hydrogen) atoms. The predicted octanol–water partition coefficient (Wildman–Crippen LogP) is 3.03. The Balaban J connectivity index is 2.24. The summed E-state index contributed by atoms with van der Waals surface area (Å²) in [5.41, 5.74) is 0.175. The molecule has 0 saturated carbocycles. The summed E-state index contributed by atoms with van der Waals surface area (Å²) >= 11 is 3.39. The van der Waals surface area contributed by atoms with Crippen LogP contribution in [0, 0.1) is 5.41 Å². The zero-order valence-electron chi connectivity index (χ0n) is 10.8. The van der Waals surface area contributed by atoms with Crippen LogP contribution < -0.4 is 5.32 Å². The van der Waals surface area contributed by atoms with Gasteiger partial charge in [0.2, 0.25) is 0 Å². The van der Waals surface area contributed by atoms with E-state index in [4.69, 9.17) is 4.42 Å². The van der Waals surface area contributed by atoms with Gasteiger partial charge in [-0.05, 0) is 33.5 Å². The third-order valence-electron chi connectivity index (χ3n) is 3.20. The van der Waals surface area contributed by atoms with Crippen molar-refractivity contribution in [2.75, 3.05) is 26.2 Å². The Morgan fingerprint density at radius 2 is 1.94 bits per heavy atom. The summed E-state index contributed by atoms with van der Waals surface area (Å²) in [5, 5.41) is 3.40. The lowest BCUT2D eigenvalue weighted by Crippen LogP contribution is -2.48. The molecule has 1 fully saturated rings. The molecule has 0 bridgehead atoms. The first-order chi connectivity index (χ1) is 7.98. The quantitative estimate of drug-likeness (QED) is 0.910. The lowest BCUT2D eigenvalue weighted by molar-refractivity contribution is 0.0690. The van der Waals surface area contributed by atoms with Gasteiger partial charge in [-0.3, -0.25) is 4.90 Å². The van der Waals surface area contributed by atoms with Crippen molar-refractivity contribution in [3.63, 3.8) is 0 Å². The molecule has 1 aliphatic heterocycles. The molecule has 0 amide bonds. The highest BCUT2D eigenvalue weighted by Crippen LogP contribution is 2.39. The Labute approximate surface area is 112 Å². The molecule has 1 N–H and O–H groups in total. The molecule has 2 rings (SSSR count). The first kappa shape index (κ1) is 13.1. The maximum atomic E-state index is 5.78. The minimum atomic E-state index is 0.175. The Kier molecular flexibility index (Phi) is 3.95. The summed E-state index contributed by atoms with van der Waals surface area (Å²) in [6.07, 6.45) is 0. The molecule has 2 heterocycles. The lowest BCUT2D eigenvalue weighted by atomic mass is 9.84. The smallest absolute Gasteiger partial charge is 0.169 e. The van der Waals surface area contributed by atoms with E-state index in [0.29, 0.717) is 6.04 Å². The van der Waals surface area contributed by atoms with Crippen LogP contribution in [0.2, 0.25) is 0 Å². The molecular weight excluding hydrogens is 280 g/mol. The number of rotatable bonds is 2. The summed E-state index contributed by atoms with van der Waals surface area (Å²) in [4.78, 5) is 2.52. The molecule has 1 saturated heterocycles. The van der Waals surface area contributed by atoms with Crippen molar-refractivity contribution < 1.29 is 4.42 Å². The van der Waals surface area contributed by atoms with Crippen LogP contribution in [0.1, 0.15) is 32.6 Å². The van der Waals surface area contributed by atoms with Crippen LogP contribution in [-0.4, -0.2) is 31.1 Å². The second kappa shape index (κ2) is 5.12. The van der Waals surface area contributed by atoms with Crippen molar-refractivity contribution in [1.82, 2.24) is 10.2 Å². The minimum absolute atomic E-state index is 0.175. The zero-order valence-corrected chi connectivity index (χ0v) is 12.4. The Morgan fingerprint density at radius 3 is 2.41 bits per heavy atom. The van der Waals surface area contributed by atoms with Gasteiger partial charge in [-0.25, -0.2) is 0 Å². The van der Waals surface area contributed by atoms with E-state index >= 15 is 0 Å². The van der Waals surface area contributed by atoms with E-state index in [0.717, 1.165) is 36.6 Å². The third kappa shape index (κ3) is 3.12. The molecule has 96 valence electrons. The second-order valence-electron chi connectivity index (χ2n) is 5.70. The molecule has 3 nitrogen and oxygen atoms in total. The molecule has 1 atom stereocenters. The Bertz CT molecular complexity index is 364. The van der Waals surface area contributed by atoms with E-state index in [-0.39, 0.29) is 5.41 Å². The van der Waals surface area contributed by atoms with E-state index in [1.54, 1.807) is 0 Å². The predicted molar refractivity (Wildman–Crippen MR) is 73.0 cm³/mol. The van der Waals surface area contributed by atoms with Crippen LogP contribution in [-0.2, 0) is 0 Å². The number of nitrogens with one attached hydrogen (secondary N) is 1. The maximum absolute atomic E-state index is 5.78. The van der Waals surface area contributed by atoms with Gasteiger partial charge in [-0.1, -0.05) is 20.8 Å². The standard InChI is InChI=1S/C13H21BrN2O/c1-13(2,3)12(10-4-5-11(14)17-10)16-8-6-15-7-9-16/h4-5,12,15H,6-9H2,1-3H3/t12-/m1/s1. The third-order valence-corrected chi connectivity index (χ3v) is 3.63. The van der Waals surface area contributed by atoms with Gasteiger partial charge in [0.05, 0.1) is 6.04 Å². The van der Waals surface area contributed by atoms with Gasteiger partial charge in [0, 0.05) is 26.2 Å².